The van der Waals surface area contributed by atoms with Crippen LogP contribution in [0.5, 0.6) is 0 Å². The summed E-state index contributed by atoms with van der Waals surface area (Å²) in [6.45, 7) is 0. The van der Waals surface area contributed by atoms with Gasteiger partial charge in [-0.1, -0.05) is 115 Å². The Morgan fingerprint density at radius 2 is 1.27 bits per heavy atom. The van der Waals surface area contributed by atoms with E-state index in [9.17, 15) is 0 Å². The zero-order chi connectivity index (χ0) is 26.4. The van der Waals surface area contributed by atoms with Crippen LogP contribution in [0.15, 0.2) is 132 Å². The highest BCUT2D eigenvalue weighted by molar-refractivity contribution is 7.26. The second kappa shape index (κ2) is 8.08. The van der Waals surface area contributed by atoms with Gasteiger partial charge in [-0.15, -0.1) is 11.3 Å². The van der Waals surface area contributed by atoms with Crippen LogP contribution in [0.3, 0.4) is 0 Å². The number of fused-ring (bicyclic) bond motifs is 12. The summed E-state index contributed by atoms with van der Waals surface area (Å²) in [5.74, 6) is 0. The highest BCUT2D eigenvalue weighted by Crippen LogP contribution is 2.62. The van der Waals surface area contributed by atoms with Gasteiger partial charge >= 0.3 is 0 Å². The molecule has 0 radical (unpaired) electrons. The lowest BCUT2D eigenvalue weighted by Crippen LogP contribution is -2.28. The first kappa shape index (κ1) is 22.4. The number of benzene rings is 6. The molecule has 6 aromatic carbocycles. The molecule has 2 aromatic heterocycles. The van der Waals surface area contributed by atoms with Crippen molar-refractivity contribution in [2.24, 2.45) is 0 Å². The van der Waals surface area contributed by atoms with Crippen LogP contribution in [0, 0.1) is 0 Å². The first-order valence-corrected chi connectivity index (χ1v) is 14.7. The number of halogens is 1. The molecule has 0 atom stereocenters. The van der Waals surface area contributed by atoms with E-state index >= 15 is 0 Å². The number of hydrogen-bond donors (Lipinski definition) is 0. The molecule has 1 nitrogen and oxygen atoms in total. The molecule has 0 amide bonds. The summed E-state index contributed by atoms with van der Waals surface area (Å²) in [4.78, 5) is 0. The Balaban J connectivity index is 1.64. The predicted molar refractivity (Wildman–Crippen MR) is 169 cm³/mol. The number of rotatable bonds is 2. The summed E-state index contributed by atoms with van der Waals surface area (Å²) in [5.41, 5.74) is 8.52. The van der Waals surface area contributed by atoms with Crippen molar-refractivity contribution in [2.45, 2.75) is 5.41 Å². The molecule has 0 aliphatic heterocycles. The van der Waals surface area contributed by atoms with E-state index in [0.29, 0.717) is 0 Å². The van der Waals surface area contributed by atoms with Gasteiger partial charge in [0.25, 0.3) is 0 Å². The molecule has 0 spiro atoms. The molecule has 0 fully saturated rings. The highest BCUT2D eigenvalue weighted by Gasteiger charge is 2.49. The third-order valence-electron chi connectivity index (χ3n) is 8.59. The Morgan fingerprint density at radius 3 is 2.02 bits per heavy atom. The number of para-hydroxylation sites is 1. The topological polar surface area (TPSA) is 13.1 Å². The molecule has 0 saturated heterocycles. The van der Waals surface area contributed by atoms with Crippen LogP contribution in [-0.2, 0) is 5.41 Å². The van der Waals surface area contributed by atoms with E-state index in [-0.39, 0.29) is 0 Å². The van der Waals surface area contributed by atoms with E-state index in [1.54, 1.807) is 0 Å². The third-order valence-corrected chi connectivity index (χ3v) is 10.0. The van der Waals surface area contributed by atoms with Gasteiger partial charge in [0.05, 0.1) is 5.41 Å². The SMILES string of the molecule is Clc1ccc2c(c1)C(c1ccccc1)(c1ccccc1)c1c-2c2sc3ccccc3c2c2c1oc1ccccc12. The quantitative estimate of drug-likeness (QED) is 0.209. The number of thiophene rings is 1. The van der Waals surface area contributed by atoms with Gasteiger partial charge in [0, 0.05) is 47.1 Å². The molecule has 0 saturated carbocycles. The Hall–Kier alpha value is -4.37. The van der Waals surface area contributed by atoms with Crippen molar-refractivity contribution in [3.63, 3.8) is 0 Å². The molecule has 0 bridgehead atoms. The average Bonchev–Trinajstić information content (AvgIpc) is 3.66. The highest BCUT2D eigenvalue weighted by atomic mass is 35.5. The van der Waals surface area contributed by atoms with Crippen LogP contribution in [0.25, 0.3) is 53.2 Å². The molecule has 2 heterocycles. The Labute approximate surface area is 239 Å². The normalized spacial score (nSPS) is 13.8. The van der Waals surface area contributed by atoms with E-state index in [0.717, 1.165) is 21.6 Å². The lowest BCUT2D eigenvalue weighted by molar-refractivity contribution is 0.650. The van der Waals surface area contributed by atoms with E-state index in [1.165, 1.54) is 58.9 Å². The molecule has 1 aliphatic rings. The molecule has 188 valence electrons. The van der Waals surface area contributed by atoms with Crippen molar-refractivity contribution < 1.29 is 4.42 Å². The molecule has 1 aliphatic carbocycles. The van der Waals surface area contributed by atoms with E-state index in [4.69, 9.17) is 16.0 Å². The molecule has 0 N–H and O–H groups in total. The van der Waals surface area contributed by atoms with E-state index in [1.807, 2.05) is 17.4 Å². The fourth-order valence-electron chi connectivity index (χ4n) is 7.10. The largest absolute Gasteiger partial charge is 0.456 e. The lowest BCUT2D eigenvalue weighted by Gasteiger charge is -2.33. The fourth-order valence-corrected chi connectivity index (χ4v) is 8.55. The maximum absolute atomic E-state index is 6.95. The summed E-state index contributed by atoms with van der Waals surface area (Å²) < 4.78 is 9.53. The van der Waals surface area contributed by atoms with Gasteiger partial charge < -0.3 is 4.42 Å². The molecule has 0 unspecified atom stereocenters. The predicted octanol–water partition coefficient (Wildman–Crippen LogP) is 11.0. The fraction of sp³-hybridized carbons (Fsp3) is 0.0270. The van der Waals surface area contributed by atoms with Crippen molar-refractivity contribution in [3.05, 3.63) is 155 Å². The molecular weight excluding hydrogens is 528 g/mol. The Bertz CT molecular complexity index is 2240. The van der Waals surface area contributed by atoms with Crippen molar-refractivity contribution >= 4 is 65.0 Å². The second-order valence-electron chi connectivity index (χ2n) is 10.5. The zero-order valence-electron chi connectivity index (χ0n) is 21.3. The van der Waals surface area contributed by atoms with E-state index < -0.39 is 5.41 Å². The number of furan rings is 1. The maximum Gasteiger partial charge on any atom is 0.141 e. The van der Waals surface area contributed by atoms with Crippen LogP contribution < -0.4 is 0 Å². The molecule has 3 heteroatoms. The molecule has 8 aromatic rings. The maximum atomic E-state index is 6.95. The lowest BCUT2D eigenvalue weighted by atomic mass is 9.67. The zero-order valence-corrected chi connectivity index (χ0v) is 22.9. The van der Waals surface area contributed by atoms with Gasteiger partial charge in [-0.3, -0.25) is 0 Å². The van der Waals surface area contributed by atoms with Crippen LogP contribution in [0.4, 0.5) is 0 Å². The van der Waals surface area contributed by atoms with Gasteiger partial charge in [0.2, 0.25) is 0 Å². The van der Waals surface area contributed by atoms with Crippen LogP contribution in [0.1, 0.15) is 22.3 Å². The van der Waals surface area contributed by atoms with Gasteiger partial charge in [-0.05, 0) is 46.5 Å². The smallest absolute Gasteiger partial charge is 0.141 e. The number of hydrogen-bond acceptors (Lipinski definition) is 2. The van der Waals surface area contributed by atoms with Gasteiger partial charge in [-0.2, -0.15) is 0 Å². The first-order chi connectivity index (χ1) is 19.8. The standard InChI is InChI=1S/C37H21ClOS/c38-24-19-20-25-28(21-24)37(22-11-3-1-4-12-22,23-13-5-2-6-14-23)34-33(25)36-32(27-16-8-10-18-30(27)40-36)31-26-15-7-9-17-29(26)39-35(31)34/h1-21H. The average molecular weight is 549 g/mol. The minimum Gasteiger partial charge on any atom is -0.456 e. The van der Waals surface area contributed by atoms with Crippen molar-refractivity contribution in [2.75, 3.05) is 0 Å². The van der Waals surface area contributed by atoms with Gasteiger partial charge in [0.15, 0.2) is 0 Å². The second-order valence-corrected chi connectivity index (χ2v) is 12.0. The van der Waals surface area contributed by atoms with E-state index in [2.05, 4.69) is 121 Å². The minimum atomic E-state index is -0.603. The molecule has 9 rings (SSSR count). The summed E-state index contributed by atoms with van der Waals surface area (Å²) in [6, 6.07) is 45.3. The summed E-state index contributed by atoms with van der Waals surface area (Å²) >= 11 is 8.69. The summed E-state index contributed by atoms with van der Waals surface area (Å²) in [6.07, 6.45) is 0. The summed E-state index contributed by atoms with van der Waals surface area (Å²) in [5, 5.41) is 5.62. The van der Waals surface area contributed by atoms with Gasteiger partial charge in [0.1, 0.15) is 11.2 Å². The first-order valence-electron chi connectivity index (χ1n) is 13.5. The minimum absolute atomic E-state index is 0.603. The van der Waals surface area contributed by atoms with Crippen LogP contribution in [0.2, 0.25) is 5.02 Å². The van der Waals surface area contributed by atoms with Crippen molar-refractivity contribution in [1.82, 2.24) is 0 Å². The Kier molecular flexibility index (Phi) is 4.53. The molecule has 40 heavy (non-hydrogen) atoms. The Morgan fingerprint density at radius 1 is 0.625 bits per heavy atom. The summed E-state index contributed by atoms with van der Waals surface area (Å²) in [7, 11) is 0. The van der Waals surface area contributed by atoms with Crippen LogP contribution in [-0.4, -0.2) is 0 Å². The monoisotopic (exact) mass is 548 g/mol. The molecular formula is C37H21ClOS. The van der Waals surface area contributed by atoms with Gasteiger partial charge in [-0.25, -0.2) is 0 Å². The third kappa shape index (κ3) is 2.72. The van der Waals surface area contributed by atoms with Crippen molar-refractivity contribution in [3.8, 4) is 11.1 Å². The van der Waals surface area contributed by atoms with Crippen molar-refractivity contribution in [1.29, 1.82) is 0 Å². The van der Waals surface area contributed by atoms with Crippen LogP contribution >= 0.6 is 22.9 Å².